The molecule has 2 unspecified atom stereocenters. The Balaban J connectivity index is 3.97. The van der Waals surface area contributed by atoms with E-state index in [1.807, 2.05) is 0 Å². The van der Waals surface area contributed by atoms with Gasteiger partial charge in [0, 0.05) is 19.6 Å². The van der Waals surface area contributed by atoms with Gasteiger partial charge in [-0.3, -0.25) is 13.8 Å². The first-order valence-electron chi connectivity index (χ1n) is 22.8. The Hall–Kier alpha value is -1.80. The molecule has 0 rings (SSSR count). The van der Waals surface area contributed by atoms with Crippen molar-refractivity contribution in [2.75, 3.05) is 33.0 Å². The Labute approximate surface area is 344 Å². The maximum absolute atomic E-state index is 12.6. The van der Waals surface area contributed by atoms with E-state index in [0.29, 0.717) is 13.0 Å². The van der Waals surface area contributed by atoms with Gasteiger partial charge in [0.25, 0.3) is 0 Å². The SMILES string of the molecule is CC/C=C\C/C=C\C/C=C\C/C=C\C/C=C\CCCCCCCCCCCC(=O)OC(COCCCCCCCCCCCCCC)COP(=O)(O)OCCN. The molecule has 0 aliphatic carbocycles. The number of hydrogen-bond acceptors (Lipinski definition) is 7. The summed E-state index contributed by atoms with van der Waals surface area (Å²) in [6.45, 7) is 4.81. The van der Waals surface area contributed by atoms with E-state index in [9.17, 15) is 14.3 Å². The first kappa shape index (κ1) is 54.2. The van der Waals surface area contributed by atoms with Gasteiger partial charge in [-0.25, -0.2) is 4.57 Å². The van der Waals surface area contributed by atoms with Crippen molar-refractivity contribution in [3.8, 4) is 0 Å². The molecule has 0 aromatic rings. The van der Waals surface area contributed by atoms with Crippen LogP contribution in [0.2, 0.25) is 0 Å². The Morgan fingerprint density at radius 2 is 1.00 bits per heavy atom. The fraction of sp³-hybridized carbons (Fsp3) is 0.766. The minimum Gasteiger partial charge on any atom is -0.457 e. The summed E-state index contributed by atoms with van der Waals surface area (Å²) < 4.78 is 33.4. The Morgan fingerprint density at radius 3 is 1.50 bits per heavy atom. The standard InChI is InChI=1S/C47H86NO7P/c1-3-5-7-9-11-13-15-17-18-19-20-21-22-23-24-25-26-27-28-29-30-32-34-36-38-40-47(49)55-46(45-54-56(50,51)53-43-41-48)44-52-42-39-37-35-33-31-16-14-12-10-8-6-4-2/h5,7,11,13,17-18,20-21,23-24,46H,3-4,6,8-10,12,14-16,19,22,25-45,48H2,1-2H3,(H,50,51)/b7-5-,13-11-,18-17-,21-20-,24-23-. The van der Waals surface area contributed by atoms with Crippen molar-refractivity contribution in [1.29, 1.82) is 0 Å². The first-order chi connectivity index (χ1) is 27.4. The Bertz CT molecular complexity index is 1040. The average molecular weight is 808 g/mol. The van der Waals surface area contributed by atoms with Crippen molar-refractivity contribution in [3.05, 3.63) is 60.8 Å². The van der Waals surface area contributed by atoms with Crippen LogP contribution >= 0.6 is 7.82 Å². The summed E-state index contributed by atoms with van der Waals surface area (Å²) in [5, 5.41) is 0. The lowest BCUT2D eigenvalue weighted by Crippen LogP contribution is -2.28. The van der Waals surface area contributed by atoms with Gasteiger partial charge >= 0.3 is 13.8 Å². The molecule has 0 amide bonds. The number of carbonyl (C=O) groups excluding carboxylic acids is 1. The minimum absolute atomic E-state index is 0.0977. The highest BCUT2D eigenvalue weighted by atomic mass is 31.2. The molecule has 2 atom stereocenters. The van der Waals surface area contributed by atoms with Gasteiger partial charge in [0.1, 0.15) is 6.10 Å². The van der Waals surface area contributed by atoms with Gasteiger partial charge in [0.05, 0.1) is 19.8 Å². The molecule has 0 saturated heterocycles. The van der Waals surface area contributed by atoms with Crippen LogP contribution < -0.4 is 5.73 Å². The van der Waals surface area contributed by atoms with Crippen LogP contribution in [0, 0.1) is 0 Å². The molecular weight excluding hydrogens is 721 g/mol. The summed E-state index contributed by atoms with van der Waals surface area (Å²) in [5.41, 5.74) is 5.37. The summed E-state index contributed by atoms with van der Waals surface area (Å²) in [6.07, 6.45) is 53.8. The largest absolute Gasteiger partial charge is 0.472 e. The third-order valence-corrected chi connectivity index (χ3v) is 10.4. The number of rotatable bonds is 43. The summed E-state index contributed by atoms with van der Waals surface area (Å²) in [6, 6.07) is 0. The molecular formula is C47H86NO7P. The molecule has 0 aliphatic heterocycles. The molecule has 9 heteroatoms. The molecule has 56 heavy (non-hydrogen) atoms. The van der Waals surface area contributed by atoms with Gasteiger partial charge in [-0.15, -0.1) is 0 Å². The third-order valence-electron chi connectivity index (χ3n) is 9.45. The van der Waals surface area contributed by atoms with Crippen molar-refractivity contribution in [2.45, 2.75) is 200 Å². The first-order valence-corrected chi connectivity index (χ1v) is 24.3. The van der Waals surface area contributed by atoms with Gasteiger partial charge in [-0.1, -0.05) is 190 Å². The lowest BCUT2D eigenvalue weighted by Gasteiger charge is -2.20. The predicted octanol–water partition coefficient (Wildman–Crippen LogP) is 13.8. The van der Waals surface area contributed by atoms with E-state index in [4.69, 9.17) is 24.3 Å². The second-order valence-corrected chi connectivity index (χ2v) is 16.3. The second kappa shape index (κ2) is 44.3. The maximum atomic E-state index is 12.6. The van der Waals surface area contributed by atoms with E-state index in [-0.39, 0.29) is 32.3 Å². The smallest absolute Gasteiger partial charge is 0.457 e. The summed E-state index contributed by atoms with van der Waals surface area (Å²) in [4.78, 5) is 22.5. The molecule has 8 nitrogen and oxygen atoms in total. The van der Waals surface area contributed by atoms with Crippen molar-refractivity contribution in [3.63, 3.8) is 0 Å². The molecule has 0 heterocycles. The quantitative estimate of drug-likeness (QED) is 0.0271. The van der Waals surface area contributed by atoms with E-state index in [2.05, 4.69) is 74.6 Å². The van der Waals surface area contributed by atoms with Crippen LogP contribution in [0.25, 0.3) is 0 Å². The molecule has 0 saturated carbocycles. The van der Waals surface area contributed by atoms with Crippen LogP contribution in [0.5, 0.6) is 0 Å². The zero-order valence-electron chi connectivity index (χ0n) is 36.1. The Morgan fingerprint density at radius 1 is 0.554 bits per heavy atom. The molecule has 0 fully saturated rings. The van der Waals surface area contributed by atoms with Crippen LogP contribution in [0.3, 0.4) is 0 Å². The van der Waals surface area contributed by atoms with Gasteiger partial charge < -0.3 is 20.1 Å². The number of esters is 1. The molecule has 0 spiro atoms. The van der Waals surface area contributed by atoms with E-state index >= 15 is 0 Å². The predicted molar refractivity (Wildman–Crippen MR) is 238 cm³/mol. The molecule has 0 bridgehead atoms. The van der Waals surface area contributed by atoms with Crippen LogP contribution in [0.1, 0.15) is 194 Å². The number of carbonyl (C=O) groups is 1. The third kappa shape index (κ3) is 43.3. The number of allylic oxidation sites excluding steroid dienone is 10. The number of ether oxygens (including phenoxy) is 2. The zero-order chi connectivity index (χ0) is 40.9. The van der Waals surface area contributed by atoms with Gasteiger partial charge in [-0.05, 0) is 57.8 Å². The second-order valence-electron chi connectivity index (χ2n) is 14.9. The fourth-order valence-corrected chi connectivity index (χ4v) is 6.91. The van der Waals surface area contributed by atoms with Crippen LogP contribution in [-0.2, 0) is 27.9 Å². The maximum Gasteiger partial charge on any atom is 0.472 e. The van der Waals surface area contributed by atoms with E-state index in [1.165, 1.54) is 103 Å². The number of phosphoric acid groups is 1. The molecule has 0 radical (unpaired) electrons. The number of phosphoric ester groups is 1. The highest BCUT2D eigenvalue weighted by Gasteiger charge is 2.25. The highest BCUT2D eigenvalue weighted by molar-refractivity contribution is 7.47. The van der Waals surface area contributed by atoms with E-state index < -0.39 is 13.9 Å². The van der Waals surface area contributed by atoms with Gasteiger partial charge in [0.2, 0.25) is 0 Å². The van der Waals surface area contributed by atoms with Gasteiger partial charge in [0.15, 0.2) is 0 Å². The lowest BCUT2D eigenvalue weighted by atomic mass is 10.1. The number of unbranched alkanes of at least 4 members (excludes halogenated alkanes) is 20. The lowest BCUT2D eigenvalue weighted by molar-refractivity contribution is -0.154. The monoisotopic (exact) mass is 808 g/mol. The highest BCUT2D eigenvalue weighted by Crippen LogP contribution is 2.43. The fourth-order valence-electron chi connectivity index (χ4n) is 6.14. The number of nitrogens with two attached hydrogens (primary N) is 1. The molecule has 326 valence electrons. The summed E-state index contributed by atoms with van der Waals surface area (Å²) >= 11 is 0. The van der Waals surface area contributed by atoms with Crippen molar-refractivity contribution in [1.82, 2.24) is 0 Å². The van der Waals surface area contributed by atoms with Crippen molar-refractivity contribution < 1.29 is 32.8 Å². The van der Waals surface area contributed by atoms with E-state index in [0.717, 1.165) is 70.6 Å². The molecule has 3 N–H and O–H groups in total. The van der Waals surface area contributed by atoms with Gasteiger partial charge in [-0.2, -0.15) is 0 Å². The Kier molecular flexibility index (Phi) is 42.9. The van der Waals surface area contributed by atoms with Crippen LogP contribution in [0.4, 0.5) is 0 Å². The molecule has 0 aliphatic rings. The minimum atomic E-state index is -4.28. The normalized spacial score (nSPS) is 14.0. The summed E-state index contributed by atoms with van der Waals surface area (Å²) in [5.74, 6) is -0.337. The summed E-state index contributed by atoms with van der Waals surface area (Å²) in [7, 11) is -4.28. The molecule has 0 aromatic heterocycles. The zero-order valence-corrected chi connectivity index (χ0v) is 37.0. The van der Waals surface area contributed by atoms with Crippen LogP contribution in [0.15, 0.2) is 60.8 Å². The van der Waals surface area contributed by atoms with Crippen molar-refractivity contribution >= 4 is 13.8 Å². The topological polar surface area (TPSA) is 117 Å². The number of hydrogen-bond donors (Lipinski definition) is 2. The van der Waals surface area contributed by atoms with Crippen molar-refractivity contribution in [2.24, 2.45) is 5.73 Å². The average Bonchev–Trinajstić information content (AvgIpc) is 3.19. The van der Waals surface area contributed by atoms with Crippen LogP contribution in [-0.4, -0.2) is 49.9 Å². The van der Waals surface area contributed by atoms with E-state index in [1.54, 1.807) is 0 Å². The molecule has 0 aromatic carbocycles.